The van der Waals surface area contributed by atoms with Gasteiger partial charge in [-0.25, -0.2) is 9.82 Å². The van der Waals surface area contributed by atoms with Crippen molar-refractivity contribution in [2.75, 3.05) is 6.61 Å². The average molecular weight is 506 g/mol. The molecule has 8 heteroatoms. The van der Waals surface area contributed by atoms with Crippen molar-refractivity contribution in [3.8, 4) is 11.5 Å². The third-order valence-electron chi connectivity index (χ3n) is 4.13. The van der Waals surface area contributed by atoms with Gasteiger partial charge in [-0.2, -0.15) is 5.10 Å². The van der Waals surface area contributed by atoms with E-state index in [-0.39, 0.29) is 18.3 Å². The van der Waals surface area contributed by atoms with E-state index in [0.29, 0.717) is 38.7 Å². The van der Waals surface area contributed by atoms with Gasteiger partial charge >= 0.3 is 0 Å². The van der Waals surface area contributed by atoms with Crippen LogP contribution in [-0.2, 0) is 6.61 Å². The van der Waals surface area contributed by atoms with Crippen LogP contribution in [0.4, 0.5) is 4.39 Å². The second kappa shape index (κ2) is 10.9. The Kier molecular flexibility index (Phi) is 8.03. The molecule has 0 spiro atoms. The molecule has 1 amide bonds. The van der Waals surface area contributed by atoms with Crippen LogP contribution in [0.1, 0.15) is 28.4 Å². The number of nitrogens with one attached hydrogen (secondary N) is 1. The average Bonchev–Trinajstić information content (AvgIpc) is 2.75. The number of nitrogens with zero attached hydrogens (tertiary/aromatic N) is 1. The second-order valence-corrected chi connectivity index (χ2v) is 7.67. The molecule has 5 nitrogen and oxygen atoms in total. The van der Waals surface area contributed by atoms with Gasteiger partial charge in [0.1, 0.15) is 12.4 Å². The lowest BCUT2D eigenvalue weighted by Crippen LogP contribution is -2.17. The Morgan fingerprint density at radius 1 is 1.13 bits per heavy atom. The molecule has 0 aliphatic heterocycles. The second-order valence-electron chi connectivity index (χ2n) is 6.38. The number of amides is 1. The van der Waals surface area contributed by atoms with Gasteiger partial charge in [0.05, 0.1) is 12.8 Å². The van der Waals surface area contributed by atoms with Crippen LogP contribution in [0.15, 0.2) is 70.2 Å². The molecule has 0 saturated heterocycles. The number of hydrogen-bond acceptors (Lipinski definition) is 4. The minimum atomic E-state index is -0.376. The summed E-state index contributed by atoms with van der Waals surface area (Å²) < 4.78 is 25.3. The molecular formula is C23H19BrClFN2O3. The van der Waals surface area contributed by atoms with Gasteiger partial charge in [-0.1, -0.05) is 29.8 Å². The molecule has 0 fully saturated rings. The first-order valence-electron chi connectivity index (χ1n) is 9.39. The normalized spacial score (nSPS) is 10.8. The Balaban J connectivity index is 1.72. The maximum atomic E-state index is 13.1. The highest BCUT2D eigenvalue weighted by Crippen LogP contribution is 2.33. The summed E-state index contributed by atoms with van der Waals surface area (Å²) in [6.45, 7) is 2.57. The van der Waals surface area contributed by atoms with Gasteiger partial charge in [0.15, 0.2) is 11.5 Å². The number of hydrazone groups is 1. The highest BCUT2D eigenvalue weighted by atomic mass is 79.9. The van der Waals surface area contributed by atoms with E-state index in [1.807, 2.05) is 6.92 Å². The van der Waals surface area contributed by atoms with Crippen LogP contribution >= 0.6 is 27.5 Å². The van der Waals surface area contributed by atoms with Crippen molar-refractivity contribution in [3.63, 3.8) is 0 Å². The lowest BCUT2D eigenvalue weighted by Gasteiger charge is -2.14. The molecule has 0 atom stereocenters. The van der Waals surface area contributed by atoms with Crippen LogP contribution < -0.4 is 14.9 Å². The predicted molar refractivity (Wildman–Crippen MR) is 123 cm³/mol. The van der Waals surface area contributed by atoms with Gasteiger partial charge in [-0.05, 0) is 70.9 Å². The van der Waals surface area contributed by atoms with Crippen LogP contribution in [0.3, 0.4) is 0 Å². The van der Waals surface area contributed by atoms with E-state index in [1.54, 1.807) is 48.5 Å². The number of hydrogen-bond donors (Lipinski definition) is 1. The molecule has 0 heterocycles. The van der Waals surface area contributed by atoms with E-state index in [2.05, 4.69) is 26.5 Å². The molecule has 3 rings (SSSR count). The molecule has 0 aromatic heterocycles. The topological polar surface area (TPSA) is 59.9 Å². The van der Waals surface area contributed by atoms with E-state index < -0.39 is 0 Å². The highest BCUT2D eigenvalue weighted by molar-refractivity contribution is 9.10. The molecule has 0 bridgehead atoms. The fraction of sp³-hybridized carbons (Fsp3) is 0.130. The number of ether oxygens (including phenoxy) is 2. The zero-order valence-electron chi connectivity index (χ0n) is 16.6. The molecular weight excluding hydrogens is 487 g/mol. The third kappa shape index (κ3) is 6.54. The molecule has 0 unspecified atom stereocenters. The first kappa shape index (κ1) is 22.8. The summed E-state index contributed by atoms with van der Waals surface area (Å²) in [5.41, 5.74) is 4.39. The molecule has 0 aliphatic rings. The van der Waals surface area contributed by atoms with Gasteiger partial charge in [0, 0.05) is 20.6 Å². The smallest absolute Gasteiger partial charge is 0.271 e. The van der Waals surface area contributed by atoms with Crippen molar-refractivity contribution in [1.82, 2.24) is 5.43 Å². The zero-order valence-corrected chi connectivity index (χ0v) is 18.9. The van der Waals surface area contributed by atoms with E-state index in [4.69, 9.17) is 21.1 Å². The monoisotopic (exact) mass is 504 g/mol. The summed E-state index contributed by atoms with van der Waals surface area (Å²) in [4.78, 5) is 12.2. The number of carbonyl (C=O) groups excluding carboxylic acids is 1. The third-order valence-corrected chi connectivity index (χ3v) is 5.05. The van der Waals surface area contributed by atoms with Gasteiger partial charge < -0.3 is 9.47 Å². The number of rotatable bonds is 8. The minimum absolute atomic E-state index is 0.260. The van der Waals surface area contributed by atoms with Crippen LogP contribution in [0, 0.1) is 5.82 Å². The summed E-state index contributed by atoms with van der Waals surface area (Å²) in [5.74, 6) is 0.375. The lowest BCUT2D eigenvalue weighted by atomic mass is 10.2. The molecule has 0 radical (unpaired) electrons. The molecule has 1 N–H and O–H groups in total. The van der Waals surface area contributed by atoms with Crippen LogP contribution in [-0.4, -0.2) is 18.7 Å². The van der Waals surface area contributed by atoms with E-state index in [9.17, 15) is 9.18 Å². The van der Waals surface area contributed by atoms with E-state index in [1.165, 1.54) is 18.3 Å². The first-order valence-corrected chi connectivity index (χ1v) is 10.6. The largest absolute Gasteiger partial charge is 0.490 e. The molecule has 160 valence electrons. The van der Waals surface area contributed by atoms with Crippen molar-refractivity contribution in [1.29, 1.82) is 0 Å². The quantitative estimate of drug-likeness (QED) is 0.302. The fourth-order valence-corrected chi connectivity index (χ4v) is 3.24. The van der Waals surface area contributed by atoms with Crippen molar-refractivity contribution in [3.05, 3.63) is 92.7 Å². The summed E-state index contributed by atoms with van der Waals surface area (Å²) in [7, 11) is 0. The van der Waals surface area contributed by atoms with E-state index in [0.717, 1.165) is 5.56 Å². The SMILES string of the molecule is CCOc1cc(/C=N\NC(=O)c2cccc(Cl)c2)c(Br)cc1OCc1ccc(F)cc1. The maximum Gasteiger partial charge on any atom is 0.271 e. The summed E-state index contributed by atoms with van der Waals surface area (Å²) in [6.07, 6.45) is 1.50. The summed E-state index contributed by atoms with van der Waals surface area (Å²) in [5, 5.41) is 4.48. The van der Waals surface area contributed by atoms with Gasteiger partial charge in [0.25, 0.3) is 5.91 Å². The van der Waals surface area contributed by atoms with E-state index >= 15 is 0 Å². The Bertz CT molecular complexity index is 1090. The molecule has 3 aromatic rings. The van der Waals surface area contributed by atoms with Crippen LogP contribution in [0.5, 0.6) is 11.5 Å². The van der Waals surface area contributed by atoms with Gasteiger partial charge in [0.2, 0.25) is 0 Å². The Morgan fingerprint density at radius 2 is 1.87 bits per heavy atom. The fourth-order valence-electron chi connectivity index (χ4n) is 2.63. The summed E-state index contributed by atoms with van der Waals surface area (Å²) >= 11 is 9.39. The Hall–Kier alpha value is -2.90. The molecule has 31 heavy (non-hydrogen) atoms. The number of halogens is 3. The zero-order chi connectivity index (χ0) is 22.2. The summed E-state index contributed by atoms with van der Waals surface area (Å²) in [6, 6.07) is 16.2. The highest BCUT2D eigenvalue weighted by Gasteiger charge is 2.11. The van der Waals surface area contributed by atoms with Gasteiger partial charge in [-0.15, -0.1) is 0 Å². The predicted octanol–water partition coefficient (Wildman–Crippen LogP) is 5.98. The first-order chi connectivity index (χ1) is 15.0. The lowest BCUT2D eigenvalue weighted by molar-refractivity contribution is 0.0955. The van der Waals surface area contributed by atoms with Crippen molar-refractivity contribution in [2.24, 2.45) is 5.10 Å². The van der Waals surface area contributed by atoms with Crippen molar-refractivity contribution >= 4 is 39.7 Å². The molecule has 0 aliphatic carbocycles. The maximum absolute atomic E-state index is 13.1. The molecule has 0 saturated carbocycles. The van der Waals surface area contributed by atoms with Crippen LogP contribution in [0.2, 0.25) is 5.02 Å². The standard InChI is InChI=1S/C23H19BrClFN2O3/c1-2-30-21-11-17(13-27-28-23(29)16-4-3-5-18(25)10-16)20(24)12-22(21)31-14-15-6-8-19(26)9-7-15/h3-13H,2,14H2,1H3,(H,28,29)/b27-13-. The Labute approximate surface area is 193 Å². The van der Waals surface area contributed by atoms with Gasteiger partial charge in [-0.3, -0.25) is 4.79 Å². The molecule has 3 aromatic carbocycles. The van der Waals surface area contributed by atoms with Crippen molar-refractivity contribution < 1.29 is 18.7 Å². The number of carbonyl (C=O) groups is 1. The van der Waals surface area contributed by atoms with Crippen LogP contribution in [0.25, 0.3) is 0 Å². The minimum Gasteiger partial charge on any atom is -0.490 e. The van der Waals surface area contributed by atoms with Crippen molar-refractivity contribution in [2.45, 2.75) is 13.5 Å². The Morgan fingerprint density at radius 3 is 2.58 bits per heavy atom. The number of benzene rings is 3.